The molecule has 3 rings (SSSR count). The number of aliphatic hydroxyl groups excluding tert-OH is 1. The highest BCUT2D eigenvalue weighted by Gasteiger charge is 2.24. The number of amides is 1. The summed E-state index contributed by atoms with van der Waals surface area (Å²) in [6, 6.07) is 7.68. The van der Waals surface area contributed by atoms with E-state index in [1.807, 2.05) is 0 Å². The lowest BCUT2D eigenvalue weighted by molar-refractivity contribution is -0.384. The Morgan fingerprint density at radius 1 is 1.36 bits per heavy atom. The molecule has 1 aromatic carbocycles. The molecule has 1 aliphatic carbocycles. The minimum Gasteiger partial charge on any atom is -0.391 e. The lowest BCUT2D eigenvalue weighted by atomic mass is 10.0. The van der Waals surface area contributed by atoms with Crippen molar-refractivity contribution in [3.8, 4) is 5.69 Å². The maximum atomic E-state index is 12.2. The van der Waals surface area contributed by atoms with Crippen LogP contribution in [0.2, 0.25) is 0 Å². The third-order valence-electron chi connectivity index (χ3n) is 4.56. The van der Waals surface area contributed by atoms with Gasteiger partial charge in [0.1, 0.15) is 5.69 Å². The van der Waals surface area contributed by atoms with E-state index in [9.17, 15) is 20.0 Å². The first-order valence-electron chi connectivity index (χ1n) is 8.32. The van der Waals surface area contributed by atoms with Gasteiger partial charge in [-0.2, -0.15) is 5.10 Å². The largest absolute Gasteiger partial charge is 0.391 e. The van der Waals surface area contributed by atoms with Crippen LogP contribution in [0.15, 0.2) is 36.5 Å². The number of rotatable bonds is 6. The number of hydrogen-bond donors (Lipinski definition) is 2. The van der Waals surface area contributed by atoms with Crippen LogP contribution in [0.3, 0.4) is 0 Å². The summed E-state index contributed by atoms with van der Waals surface area (Å²) in [5, 5.41) is 28.0. The average molecular weight is 344 g/mol. The van der Waals surface area contributed by atoms with Crippen molar-refractivity contribution in [1.82, 2.24) is 15.1 Å². The van der Waals surface area contributed by atoms with Crippen molar-refractivity contribution in [3.63, 3.8) is 0 Å². The minimum atomic E-state index is -0.552. The average Bonchev–Trinajstić information content (AvgIpc) is 3.30. The Balaban J connectivity index is 1.67. The van der Waals surface area contributed by atoms with Crippen LogP contribution in [0.4, 0.5) is 5.69 Å². The Hall–Kier alpha value is -2.74. The summed E-state index contributed by atoms with van der Waals surface area (Å²) in [5.74, 6) is -0.167. The lowest BCUT2D eigenvalue weighted by Gasteiger charge is -2.17. The molecule has 1 fully saturated rings. The smallest absolute Gasteiger partial charge is 0.294 e. The minimum absolute atomic E-state index is 0.0887. The Bertz CT molecular complexity index is 768. The van der Waals surface area contributed by atoms with Gasteiger partial charge in [-0.25, -0.2) is 4.68 Å². The Labute approximate surface area is 144 Å². The molecule has 1 heterocycles. The van der Waals surface area contributed by atoms with E-state index in [0.717, 1.165) is 25.7 Å². The van der Waals surface area contributed by atoms with E-state index in [1.165, 1.54) is 23.0 Å². The molecule has 1 saturated carbocycles. The summed E-state index contributed by atoms with van der Waals surface area (Å²) in [4.78, 5) is 22.8. The van der Waals surface area contributed by atoms with Gasteiger partial charge in [-0.1, -0.05) is 25.0 Å². The zero-order chi connectivity index (χ0) is 17.8. The predicted octanol–water partition coefficient (Wildman–Crippen LogP) is 2.06. The Kier molecular flexibility index (Phi) is 5.08. The maximum absolute atomic E-state index is 12.2. The number of nitro groups is 1. The van der Waals surface area contributed by atoms with Crippen molar-refractivity contribution in [3.05, 3.63) is 52.3 Å². The van der Waals surface area contributed by atoms with Crippen LogP contribution < -0.4 is 5.32 Å². The predicted molar refractivity (Wildman–Crippen MR) is 90.5 cm³/mol. The highest BCUT2D eigenvalue weighted by molar-refractivity contribution is 5.92. The first-order valence-corrected chi connectivity index (χ1v) is 8.32. The third-order valence-corrected chi connectivity index (χ3v) is 4.56. The van der Waals surface area contributed by atoms with Gasteiger partial charge in [-0.3, -0.25) is 14.9 Å². The maximum Gasteiger partial charge on any atom is 0.294 e. The molecule has 1 atom stereocenters. The molecule has 8 heteroatoms. The van der Waals surface area contributed by atoms with Crippen molar-refractivity contribution < 1.29 is 14.8 Å². The van der Waals surface area contributed by atoms with E-state index < -0.39 is 16.9 Å². The van der Waals surface area contributed by atoms with Crippen LogP contribution in [0.25, 0.3) is 5.69 Å². The number of carbonyl (C=O) groups is 1. The number of benzene rings is 1. The zero-order valence-electron chi connectivity index (χ0n) is 13.7. The fraction of sp³-hybridized carbons (Fsp3) is 0.412. The van der Waals surface area contributed by atoms with Gasteiger partial charge in [0.25, 0.3) is 11.6 Å². The summed E-state index contributed by atoms with van der Waals surface area (Å²) >= 11 is 0. The molecule has 25 heavy (non-hydrogen) atoms. The molecule has 1 aliphatic rings. The highest BCUT2D eigenvalue weighted by atomic mass is 16.6. The molecule has 1 aromatic heterocycles. The van der Waals surface area contributed by atoms with E-state index in [4.69, 9.17) is 0 Å². The first-order chi connectivity index (χ1) is 12.1. The van der Waals surface area contributed by atoms with Gasteiger partial charge in [0.2, 0.25) is 0 Å². The number of aliphatic hydroxyl groups is 1. The second-order valence-electron chi connectivity index (χ2n) is 6.21. The van der Waals surface area contributed by atoms with E-state index in [1.54, 1.807) is 18.2 Å². The molecule has 1 unspecified atom stereocenters. The lowest BCUT2D eigenvalue weighted by Crippen LogP contribution is -2.35. The fourth-order valence-corrected chi connectivity index (χ4v) is 3.19. The molecule has 1 amide bonds. The number of carbonyl (C=O) groups excluding carboxylic acids is 1. The van der Waals surface area contributed by atoms with Crippen LogP contribution in [0, 0.1) is 16.0 Å². The van der Waals surface area contributed by atoms with Crippen LogP contribution in [0.1, 0.15) is 36.2 Å². The number of para-hydroxylation sites is 2. The highest BCUT2D eigenvalue weighted by Crippen LogP contribution is 2.27. The van der Waals surface area contributed by atoms with Gasteiger partial charge in [-0.05, 0) is 30.9 Å². The molecule has 0 bridgehead atoms. The molecule has 8 nitrogen and oxygen atoms in total. The molecule has 0 aliphatic heterocycles. The topological polar surface area (TPSA) is 110 Å². The van der Waals surface area contributed by atoms with Gasteiger partial charge >= 0.3 is 0 Å². The molecular formula is C17H20N4O4. The number of nitrogens with one attached hydrogen (secondary N) is 1. The number of nitrogens with zero attached hydrogens (tertiary/aromatic N) is 3. The molecule has 0 spiro atoms. The van der Waals surface area contributed by atoms with Gasteiger partial charge in [-0.15, -0.1) is 0 Å². The van der Waals surface area contributed by atoms with Crippen LogP contribution in [-0.4, -0.2) is 38.4 Å². The molecular weight excluding hydrogens is 324 g/mol. The summed E-state index contributed by atoms with van der Waals surface area (Å²) in [6.07, 6.45) is 5.17. The fourth-order valence-electron chi connectivity index (χ4n) is 3.19. The van der Waals surface area contributed by atoms with Crippen molar-refractivity contribution in [1.29, 1.82) is 0 Å². The van der Waals surface area contributed by atoms with Crippen molar-refractivity contribution >= 4 is 11.6 Å². The quantitative estimate of drug-likeness (QED) is 0.615. The second kappa shape index (κ2) is 7.43. The van der Waals surface area contributed by atoms with E-state index in [0.29, 0.717) is 0 Å². The van der Waals surface area contributed by atoms with E-state index in [-0.39, 0.29) is 29.5 Å². The monoisotopic (exact) mass is 344 g/mol. The van der Waals surface area contributed by atoms with Crippen molar-refractivity contribution in [2.75, 3.05) is 6.54 Å². The molecule has 132 valence electrons. The first kappa shape index (κ1) is 17.1. The van der Waals surface area contributed by atoms with Crippen LogP contribution in [0.5, 0.6) is 0 Å². The third kappa shape index (κ3) is 3.85. The van der Waals surface area contributed by atoms with Crippen molar-refractivity contribution in [2.45, 2.75) is 31.8 Å². The van der Waals surface area contributed by atoms with Crippen molar-refractivity contribution in [2.24, 2.45) is 5.92 Å². The van der Waals surface area contributed by atoms with Crippen LogP contribution in [-0.2, 0) is 0 Å². The molecule has 0 radical (unpaired) electrons. The van der Waals surface area contributed by atoms with E-state index >= 15 is 0 Å². The Morgan fingerprint density at radius 3 is 2.80 bits per heavy atom. The zero-order valence-corrected chi connectivity index (χ0v) is 13.7. The normalized spacial score (nSPS) is 15.9. The van der Waals surface area contributed by atoms with Gasteiger partial charge < -0.3 is 10.4 Å². The SMILES string of the molecule is O=C(NCC(O)C1CCCC1)c1ccn(-c2ccccc2[N+](=O)[O-])n1. The van der Waals surface area contributed by atoms with Gasteiger partial charge in [0, 0.05) is 18.8 Å². The molecule has 2 N–H and O–H groups in total. The summed E-state index contributed by atoms with van der Waals surface area (Å²) in [7, 11) is 0. The number of aromatic nitrogens is 2. The Morgan fingerprint density at radius 2 is 2.08 bits per heavy atom. The summed E-state index contributed by atoms with van der Waals surface area (Å²) in [5.41, 5.74) is 0.350. The van der Waals surface area contributed by atoms with Gasteiger partial charge in [0.05, 0.1) is 11.0 Å². The number of nitro benzene ring substituents is 1. The van der Waals surface area contributed by atoms with E-state index in [2.05, 4.69) is 10.4 Å². The summed E-state index contributed by atoms with van der Waals surface area (Å²) in [6.45, 7) is 0.182. The molecule has 0 saturated heterocycles. The standard InChI is InChI=1S/C17H20N4O4/c22-16(12-5-1-2-6-12)11-18-17(23)13-9-10-20(19-13)14-7-3-4-8-15(14)21(24)25/h3-4,7-10,12,16,22H,1-2,5-6,11H2,(H,18,23). The summed E-state index contributed by atoms with van der Waals surface area (Å²) < 4.78 is 1.31. The van der Waals surface area contributed by atoms with Crippen LogP contribution >= 0.6 is 0 Å². The van der Waals surface area contributed by atoms with Gasteiger partial charge in [0.15, 0.2) is 5.69 Å². The second-order valence-corrected chi connectivity index (χ2v) is 6.21. The molecule has 2 aromatic rings. The number of hydrogen-bond acceptors (Lipinski definition) is 5.